The zero-order valence-corrected chi connectivity index (χ0v) is 20.1. The molecule has 1 N–H and O–H groups in total. The summed E-state index contributed by atoms with van der Waals surface area (Å²) in [6, 6.07) is 3.11. The fourth-order valence-corrected chi connectivity index (χ4v) is 6.89. The van der Waals surface area contributed by atoms with Crippen LogP contribution in [0.15, 0.2) is 12.1 Å². The SMILES string of the molecule is CCCC1CCC(Oc2ccc(C3(O)CCC(C4CCC(CC)CC4)CC3)c(F)c2F)C1. The fraction of sp³-hybridized carbons (Fsp3) is 0.786. The second-order valence-corrected chi connectivity index (χ2v) is 11.0. The van der Waals surface area contributed by atoms with Crippen molar-refractivity contribution in [1.82, 2.24) is 0 Å². The Labute approximate surface area is 193 Å². The van der Waals surface area contributed by atoms with Crippen LogP contribution in [0.1, 0.15) is 109 Å². The predicted molar refractivity (Wildman–Crippen MR) is 125 cm³/mol. The number of hydrogen-bond donors (Lipinski definition) is 1. The summed E-state index contributed by atoms with van der Waals surface area (Å²) in [5, 5.41) is 11.3. The third-order valence-corrected chi connectivity index (χ3v) is 9.02. The Hall–Kier alpha value is -1.16. The van der Waals surface area contributed by atoms with E-state index in [1.165, 1.54) is 44.6 Å². The molecule has 3 saturated carbocycles. The molecular weight excluding hydrogens is 406 g/mol. The van der Waals surface area contributed by atoms with Crippen molar-refractivity contribution in [3.63, 3.8) is 0 Å². The maximum atomic E-state index is 15.1. The van der Waals surface area contributed by atoms with E-state index in [9.17, 15) is 9.50 Å². The van der Waals surface area contributed by atoms with E-state index in [0.29, 0.717) is 24.7 Å². The summed E-state index contributed by atoms with van der Waals surface area (Å²) in [7, 11) is 0. The molecule has 0 radical (unpaired) electrons. The molecule has 0 amide bonds. The molecule has 2 nitrogen and oxygen atoms in total. The molecular formula is C28H42F2O2. The van der Waals surface area contributed by atoms with Gasteiger partial charge in [0, 0.05) is 5.56 Å². The van der Waals surface area contributed by atoms with E-state index in [1.54, 1.807) is 6.07 Å². The van der Waals surface area contributed by atoms with Gasteiger partial charge < -0.3 is 9.84 Å². The molecule has 2 atom stereocenters. The Morgan fingerprint density at radius 1 is 0.875 bits per heavy atom. The van der Waals surface area contributed by atoms with Gasteiger partial charge in [-0.1, -0.05) is 46.0 Å². The van der Waals surface area contributed by atoms with E-state index < -0.39 is 17.2 Å². The third kappa shape index (κ3) is 5.16. The van der Waals surface area contributed by atoms with E-state index in [2.05, 4.69) is 13.8 Å². The molecule has 0 saturated heterocycles. The monoisotopic (exact) mass is 448 g/mol. The van der Waals surface area contributed by atoms with Crippen molar-refractivity contribution in [2.45, 2.75) is 115 Å². The summed E-state index contributed by atoms with van der Waals surface area (Å²) < 4.78 is 35.9. The molecule has 2 unspecified atom stereocenters. The van der Waals surface area contributed by atoms with Gasteiger partial charge in [0.05, 0.1) is 11.7 Å². The normalized spacial score (nSPS) is 35.7. The van der Waals surface area contributed by atoms with Crippen LogP contribution in [-0.4, -0.2) is 11.2 Å². The first-order valence-corrected chi connectivity index (χ1v) is 13.3. The number of rotatable bonds is 7. The second-order valence-electron chi connectivity index (χ2n) is 11.0. The van der Waals surface area contributed by atoms with Crippen molar-refractivity contribution in [2.75, 3.05) is 0 Å². The lowest BCUT2D eigenvalue weighted by molar-refractivity contribution is -0.0290. The van der Waals surface area contributed by atoms with Gasteiger partial charge in [-0.2, -0.15) is 4.39 Å². The molecule has 32 heavy (non-hydrogen) atoms. The van der Waals surface area contributed by atoms with Crippen LogP contribution in [0.5, 0.6) is 5.75 Å². The van der Waals surface area contributed by atoms with Gasteiger partial charge in [0.1, 0.15) is 0 Å². The minimum atomic E-state index is -1.26. The van der Waals surface area contributed by atoms with E-state index in [4.69, 9.17) is 4.74 Å². The van der Waals surface area contributed by atoms with Crippen LogP contribution < -0.4 is 4.74 Å². The summed E-state index contributed by atoms with van der Waals surface area (Å²) in [5.41, 5.74) is -1.15. The maximum absolute atomic E-state index is 15.1. The first kappa shape index (κ1) is 24.0. The van der Waals surface area contributed by atoms with Gasteiger partial charge in [0.25, 0.3) is 0 Å². The molecule has 1 aromatic carbocycles. The molecule has 3 aliphatic rings. The molecule has 0 spiro atoms. The second kappa shape index (κ2) is 10.4. The van der Waals surface area contributed by atoms with Gasteiger partial charge in [-0.15, -0.1) is 0 Å². The fourth-order valence-electron chi connectivity index (χ4n) is 6.89. The minimum absolute atomic E-state index is 0.00151. The largest absolute Gasteiger partial charge is 0.487 e. The molecule has 0 bridgehead atoms. The molecule has 0 heterocycles. The summed E-state index contributed by atoms with van der Waals surface area (Å²) >= 11 is 0. The van der Waals surface area contributed by atoms with Gasteiger partial charge >= 0.3 is 0 Å². The highest BCUT2D eigenvalue weighted by atomic mass is 19.2. The van der Waals surface area contributed by atoms with Gasteiger partial charge in [-0.05, 0) is 93.6 Å². The van der Waals surface area contributed by atoms with Crippen LogP contribution in [-0.2, 0) is 5.60 Å². The quantitative estimate of drug-likeness (QED) is 0.459. The van der Waals surface area contributed by atoms with Crippen LogP contribution in [0.25, 0.3) is 0 Å². The molecule has 3 aliphatic carbocycles. The molecule has 1 aromatic rings. The zero-order chi connectivity index (χ0) is 22.7. The number of benzene rings is 1. The zero-order valence-electron chi connectivity index (χ0n) is 20.1. The number of halogens is 2. The van der Waals surface area contributed by atoms with Crippen LogP contribution in [0.2, 0.25) is 0 Å². The van der Waals surface area contributed by atoms with Gasteiger partial charge in [-0.3, -0.25) is 0 Å². The third-order valence-electron chi connectivity index (χ3n) is 9.02. The van der Waals surface area contributed by atoms with E-state index >= 15 is 4.39 Å². The Bertz CT molecular complexity index is 748. The Kier molecular flexibility index (Phi) is 7.80. The van der Waals surface area contributed by atoms with Crippen LogP contribution in [0, 0.1) is 35.3 Å². The van der Waals surface area contributed by atoms with Gasteiger partial charge in [0.15, 0.2) is 11.6 Å². The molecule has 3 fully saturated rings. The van der Waals surface area contributed by atoms with Gasteiger partial charge in [0.2, 0.25) is 5.82 Å². The van der Waals surface area contributed by atoms with Crippen LogP contribution >= 0.6 is 0 Å². The van der Waals surface area contributed by atoms with E-state index in [1.807, 2.05) is 0 Å². The predicted octanol–water partition coefficient (Wildman–Crippen LogP) is 7.91. The number of ether oxygens (including phenoxy) is 1. The first-order chi connectivity index (χ1) is 15.4. The van der Waals surface area contributed by atoms with Crippen LogP contribution in [0.3, 0.4) is 0 Å². The minimum Gasteiger partial charge on any atom is -0.487 e. The van der Waals surface area contributed by atoms with Crippen molar-refractivity contribution < 1.29 is 18.6 Å². The van der Waals surface area contributed by atoms with Crippen molar-refractivity contribution in [3.8, 4) is 5.75 Å². The maximum Gasteiger partial charge on any atom is 0.201 e. The highest BCUT2D eigenvalue weighted by molar-refractivity contribution is 5.35. The van der Waals surface area contributed by atoms with Crippen molar-refractivity contribution in [2.24, 2.45) is 23.7 Å². The lowest BCUT2D eigenvalue weighted by atomic mass is 9.66. The lowest BCUT2D eigenvalue weighted by Gasteiger charge is -2.41. The van der Waals surface area contributed by atoms with Crippen molar-refractivity contribution >= 4 is 0 Å². The summed E-state index contributed by atoms with van der Waals surface area (Å²) in [6.07, 6.45) is 14.5. The highest BCUT2D eigenvalue weighted by Crippen LogP contribution is 2.47. The molecule has 4 rings (SSSR count). The standard InChI is InChI=1S/C28H42F2O2/c1-3-5-20-8-11-23(18-20)32-25-13-12-24(26(29)27(25)30)28(31)16-14-22(15-17-28)21-9-6-19(4-2)7-10-21/h12-13,19-23,31H,3-11,14-18H2,1-2H3. The average Bonchev–Trinajstić information content (AvgIpc) is 3.25. The number of hydrogen-bond acceptors (Lipinski definition) is 2. The smallest absolute Gasteiger partial charge is 0.201 e. The molecule has 0 aromatic heterocycles. The lowest BCUT2D eigenvalue weighted by Crippen LogP contribution is -2.35. The van der Waals surface area contributed by atoms with E-state index in [-0.39, 0.29) is 17.4 Å². The van der Waals surface area contributed by atoms with Crippen LogP contribution in [0.4, 0.5) is 8.78 Å². The molecule has 0 aliphatic heterocycles. The summed E-state index contributed by atoms with van der Waals surface area (Å²) in [6.45, 7) is 4.46. The highest BCUT2D eigenvalue weighted by Gasteiger charge is 2.40. The molecule has 4 heteroatoms. The Morgan fingerprint density at radius 2 is 1.53 bits per heavy atom. The summed E-state index contributed by atoms with van der Waals surface area (Å²) in [5.74, 6) is 1.00. The molecule has 180 valence electrons. The van der Waals surface area contributed by atoms with Crippen molar-refractivity contribution in [3.05, 3.63) is 29.3 Å². The topological polar surface area (TPSA) is 29.5 Å². The van der Waals surface area contributed by atoms with E-state index in [0.717, 1.165) is 50.4 Å². The Morgan fingerprint density at radius 3 is 2.19 bits per heavy atom. The average molecular weight is 449 g/mol. The van der Waals surface area contributed by atoms with Gasteiger partial charge in [-0.25, -0.2) is 4.39 Å². The van der Waals surface area contributed by atoms with Crippen molar-refractivity contribution in [1.29, 1.82) is 0 Å². The summed E-state index contributed by atoms with van der Waals surface area (Å²) in [4.78, 5) is 0. The first-order valence-electron chi connectivity index (χ1n) is 13.3. The Balaban J connectivity index is 1.37. The number of aliphatic hydroxyl groups is 1.